The molecule has 0 bridgehead atoms. The van der Waals surface area contributed by atoms with Gasteiger partial charge < -0.3 is 19.3 Å². The van der Waals surface area contributed by atoms with Crippen molar-refractivity contribution in [1.29, 1.82) is 0 Å². The number of ether oxygens (including phenoxy) is 2. The van der Waals surface area contributed by atoms with Crippen molar-refractivity contribution >= 4 is 11.8 Å². The normalized spacial score (nSPS) is 20.9. The number of carbonyl (C=O) groups is 2. The van der Waals surface area contributed by atoms with Gasteiger partial charge in [-0.25, -0.2) is 4.68 Å². The van der Waals surface area contributed by atoms with Crippen LogP contribution in [-0.4, -0.2) is 89.7 Å². The molecule has 0 aliphatic carbocycles. The van der Waals surface area contributed by atoms with E-state index in [2.05, 4.69) is 10.3 Å². The average molecular weight is 337 g/mol. The number of likely N-dealkylation sites (tertiary alicyclic amines) is 1. The van der Waals surface area contributed by atoms with Gasteiger partial charge in [-0.05, 0) is 12.8 Å². The number of amides is 2. The van der Waals surface area contributed by atoms with E-state index in [1.165, 1.54) is 0 Å². The third-order valence-corrected chi connectivity index (χ3v) is 4.46. The molecule has 0 aromatic carbocycles. The minimum atomic E-state index is -0.284. The van der Waals surface area contributed by atoms with E-state index < -0.39 is 0 Å². The van der Waals surface area contributed by atoms with E-state index in [1.54, 1.807) is 34.8 Å². The van der Waals surface area contributed by atoms with Crippen LogP contribution in [0.2, 0.25) is 0 Å². The molecule has 1 aromatic rings. The van der Waals surface area contributed by atoms with Crippen molar-refractivity contribution in [2.75, 3.05) is 47.0 Å². The lowest BCUT2D eigenvalue weighted by molar-refractivity contribution is -0.147. The van der Waals surface area contributed by atoms with Gasteiger partial charge in [0, 0.05) is 40.4 Å². The molecule has 0 spiro atoms. The minimum Gasteiger partial charge on any atom is -0.383 e. The van der Waals surface area contributed by atoms with Crippen molar-refractivity contribution in [3.05, 3.63) is 11.9 Å². The van der Waals surface area contributed by atoms with Crippen LogP contribution in [0.1, 0.15) is 29.4 Å². The first-order chi connectivity index (χ1) is 11.6. The van der Waals surface area contributed by atoms with Crippen LogP contribution in [0.25, 0.3) is 0 Å². The molecule has 0 radical (unpaired) electrons. The maximum atomic E-state index is 12.2. The summed E-state index contributed by atoms with van der Waals surface area (Å²) in [5, 5.41) is 7.98. The summed E-state index contributed by atoms with van der Waals surface area (Å²) >= 11 is 0. The molecule has 2 aliphatic heterocycles. The van der Waals surface area contributed by atoms with Gasteiger partial charge in [-0.15, -0.1) is 5.10 Å². The number of carbonyl (C=O) groups excluding carboxylic acids is 2. The zero-order chi connectivity index (χ0) is 17.1. The van der Waals surface area contributed by atoms with E-state index in [0.29, 0.717) is 38.5 Å². The monoisotopic (exact) mass is 337 g/mol. The van der Waals surface area contributed by atoms with Crippen molar-refractivity contribution in [3.63, 3.8) is 0 Å². The largest absolute Gasteiger partial charge is 0.383 e. The summed E-state index contributed by atoms with van der Waals surface area (Å²) in [4.78, 5) is 27.7. The quantitative estimate of drug-likeness (QED) is 0.699. The second-order valence-corrected chi connectivity index (χ2v) is 6.20. The lowest BCUT2D eigenvalue weighted by atomic mass is 10.1. The topological polar surface area (TPSA) is 89.8 Å². The molecule has 24 heavy (non-hydrogen) atoms. The van der Waals surface area contributed by atoms with E-state index in [1.807, 2.05) is 0 Å². The second kappa shape index (κ2) is 7.27. The molecule has 1 aromatic heterocycles. The Morgan fingerprint density at radius 2 is 2.25 bits per heavy atom. The molecule has 2 amide bonds. The van der Waals surface area contributed by atoms with Gasteiger partial charge in [-0.1, -0.05) is 5.21 Å². The van der Waals surface area contributed by atoms with Crippen LogP contribution in [0.5, 0.6) is 0 Å². The van der Waals surface area contributed by atoms with Gasteiger partial charge in [0.05, 0.1) is 18.8 Å². The minimum absolute atomic E-state index is 0.0551. The first-order valence-corrected chi connectivity index (χ1v) is 8.16. The van der Waals surface area contributed by atoms with Gasteiger partial charge in [-0.2, -0.15) is 0 Å². The van der Waals surface area contributed by atoms with Gasteiger partial charge in [0.1, 0.15) is 6.10 Å². The zero-order valence-electron chi connectivity index (χ0n) is 14.1. The molecule has 0 N–H and O–H groups in total. The van der Waals surface area contributed by atoms with Crippen molar-refractivity contribution < 1.29 is 19.1 Å². The summed E-state index contributed by atoms with van der Waals surface area (Å²) in [6.07, 6.45) is 3.10. The third-order valence-electron chi connectivity index (χ3n) is 4.46. The van der Waals surface area contributed by atoms with E-state index in [-0.39, 0.29) is 24.0 Å². The molecular formula is C15H23N5O4. The summed E-state index contributed by atoms with van der Waals surface area (Å²) < 4.78 is 12.0. The Labute approximate surface area is 140 Å². The van der Waals surface area contributed by atoms with Gasteiger partial charge in [-0.3, -0.25) is 9.59 Å². The third kappa shape index (κ3) is 3.41. The molecule has 3 heterocycles. The highest BCUT2D eigenvalue weighted by molar-refractivity contribution is 5.91. The van der Waals surface area contributed by atoms with Crippen LogP contribution < -0.4 is 0 Å². The van der Waals surface area contributed by atoms with Crippen molar-refractivity contribution in [3.8, 4) is 0 Å². The molecule has 2 aliphatic rings. The van der Waals surface area contributed by atoms with Gasteiger partial charge in [0.15, 0.2) is 5.69 Å². The Kier molecular flexibility index (Phi) is 5.10. The number of nitrogens with zero attached hydrogens (tertiary/aromatic N) is 5. The van der Waals surface area contributed by atoms with E-state index in [4.69, 9.17) is 9.47 Å². The number of rotatable bonds is 6. The van der Waals surface area contributed by atoms with Crippen LogP contribution in [0.3, 0.4) is 0 Å². The first-order valence-electron chi connectivity index (χ1n) is 8.16. The summed E-state index contributed by atoms with van der Waals surface area (Å²) in [6.45, 7) is 2.79. The molecule has 2 fully saturated rings. The smallest absolute Gasteiger partial charge is 0.275 e. The van der Waals surface area contributed by atoms with Crippen LogP contribution in [0.15, 0.2) is 6.20 Å². The average Bonchev–Trinajstić information content (AvgIpc) is 3.21. The van der Waals surface area contributed by atoms with Crippen LogP contribution in [-0.2, 0) is 14.3 Å². The fraction of sp³-hybridized carbons (Fsp3) is 0.733. The maximum absolute atomic E-state index is 12.2. The number of hydrogen-bond acceptors (Lipinski definition) is 6. The predicted molar refractivity (Wildman–Crippen MR) is 83.4 cm³/mol. The second-order valence-electron chi connectivity index (χ2n) is 6.20. The Bertz CT molecular complexity index is 592. The van der Waals surface area contributed by atoms with Crippen LogP contribution >= 0.6 is 0 Å². The number of likely N-dealkylation sites (N-methyl/N-ethyl adjacent to an activating group) is 1. The Hall–Kier alpha value is -2.00. The van der Waals surface area contributed by atoms with Gasteiger partial charge in [0.25, 0.3) is 11.8 Å². The van der Waals surface area contributed by atoms with Gasteiger partial charge >= 0.3 is 0 Å². The summed E-state index contributed by atoms with van der Waals surface area (Å²) in [5.74, 6) is -0.135. The summed E-state index contributed by atoms with van der Waals surface area (Å²) in [6, 6.07) is 0.0636. The Morgan fingerprint density at radius 3 is 2.92 bits per heavy atom. The molecular weight excluding hydrogens is 314 g/mol. The zero-order valence-corrected chi connectivity index (χ0v) is 14.1. The first kappa shape index (κ1) is 16.8. The lowest BCUT2D eigenvalue weighted by Crippen LogP contribution is -2.54. The SMILES string of the molecule is COCCN(C)C(=O)c1cn(C2CN(C(=O)C3CCCO3)C2)nn1. The summed E-state index contributed by atoms with van der Waals surface area (Å²) in [7, 11) is 3.29. The molecule has 1 atom stereocenters. The highest BCUT2D eigenvalue weighted by Crippen LogP contribution is 2.24. The Balaban J connectivity index is 1.52. The number of hydrogen-bond donors (Lipinski definition) is 0. The van der Waals surface area contributed by atoms with E-state index >= 15 is 0 Å². The van der Waals surface area contributed by atoms with Crippen molar-refractivity contribution in [2.24, 2.45) is 0 Å². The Morgan fingerprint density at radius 1 is 1.46 bits per heavy atom. The van der Waals surface area contributed by atoms with E-state index in [0.717, 1.165) is 12.8 Å². The van der Waals surface area contributed by atoms with E-state index in [9.17, 15) is 9.59 Å². The molecule has 0 saturated carbocycles. The highest BCUT2D eigenvalue weighted by Gasteiger charge is 2.37. The van der Waals surface area contributed by atoms with Gasteiger partial charge in [0.2, 0.25) is 0 Å². The molecule has 2 saturated heterocycles. The van der Waals surface area contributed by atoms with Crippen molar-refractivity contribution in [2.45, 2.75) is 25.0 Å². The van der Waals surface area contributed by atoms with Crippen LogP contribution in [0, 0.1) is 0 Å². The fourth-order valence-electron chi connectivity index (χ4n) is 2.86. The summed E-state index contributed by atoms with van der Waals surface area (Å²) in [5.41, 5.74) is 0.303. The molecule has 9 heteroatoms. The van der Waals surface area contributed by atoms with Crippen molar-refractivity contribution in [1.82, 2.24) is 24.8 Å². The predicted octanol–water partition coefficient (Wildman–Crippen LogP) is -0.441. The molecule has 132 valence electrons. The number of aromatic nitrogens is 3. The number of methoxy groups -OCH3 is 1. The standard InChI is InChI=1S/C15H23N5O4/c1-18(5-7-23-2)14(21)12-10-20(17-16-12)11-8-19(9-11)15(22)13-4-3-6-24-13/h10-11,13H,3-9H2,1-2H3. The fourth-order valence-corrected chi connectivity index (χ4v) is 2.86. The van der Waals surface area contributed by atoms with Crippen LogP contribution in [0.4, 0.5) is 0 Å². The molecule has 3 rings (SSSR count). The highest BCUT2D eigenvalue weighted by atomic mass is 16.5. The lowest BCUT2D eigenvalue weighted by Gasteiger charge is -2.39. The molecule has 1 unspecified atom stereocenters. The molecule has 9 nitrogen and oxygen atoms in total. The maximum Gasteiger partial charge on any atom is 0.275 e.